The third kappa shape index (κ3) is 1.21. The van der Waals surface area contributed by atoms with Crippen LogP contribution in [-0.4, -0.2) is 12.1 Å². The Bertz CT molecular complexity index is 213. The van der Waals surface area contributed by atoms with Crippen molar-refractivity contribution in [2.45, 2.75) is 0 Å². The summed E-state index contributed by atoms with van der Waals surface area (Å²) >= 11 is 0. The summed E-state index contributed by atoms with van der Waals surface area (Å²) < 4.78 is 0. The van der Waals surface area contributed by atoms with Crippen LogP contribution >= 0.6 is 0 Å². The first-order chi connectivity index (χ1) is 4.30. The van der Waals surface area contributed by atoms with Crippen LogP contribution < -0.4 is 5.73 Å². The van der Waals surface area contributed by atoms with Crippen molar-refractivity contribution in [2.24, 2.45) is 10.7 Å². The Morgan fingerprint density at radius 3 is 2.89 bits per heavy atom. The van der Waals surface area contributed by atoms with E-state index < -0.39 is 5.91 Å². The van der Waals surface area contributed by atoms with Gasteiger partial charge in [-0.15, -0.1) is 4.99 Å². The third-order valence-electron chi connectivity index (χ3n) is 0.874. The first-order valence-corrected chi connectivity index (χ1v) is 2.43. The van der Waals surface area contributed by atoms with Crippen LogP contribution in [0.15, 0.2) is 22.7 Å². The minimum absolute atomic E-state index is 0.317. The van der Waals surface area contributed by atoms with Crippen LogP contribution in [0.1, 0.15) is 0 Å². The molecule has 3 heteroatoms. The molecule has 44 valence electrons. The molecule has 1 aliphatic heterocycles. The highest BCUT2D eigenvalue weighted by molar-refractivity contribution is 5.96. The third-order valence-corrected chi connectivity index (χ3v) is 0.874. The van der Waals surface area contributed by atoms with Gasteiger partial charge < -0.3 is 5.73 Å². The van der Waals surface area contributed by atoms with Crippen LogP contribution in [0.2, 0.25) is 0 Å². The normalized spacial score (nSPS) is 14.4. The molecule has 1 amide bonds. The van der Waals surface area contributed by atoms with Gasteiger partial charge in [0.25, 0.3) is 0 Å². The first kappa shape index (κ1) is 5.66. The Balaban J connectivity index is 2.84. The van der Waals surface area contributed by atoms with E-state index in [0.717, 1.165) is 0 Å². The number of carbonyl (C=O) groups excluding carboxylic acids is 1. The first-order valence-electron chi connectivity index (χ1n) is 2.43. The highest BCUT2D eigenvalue weighted by Gasteiger charge is 2.11. The summed E-state index contributed by atoms with van der Waals surface area (Å²) in [5, 5.41) is 0. The fourth-order valence-electron chi connectivity index (χ4n) is 0.464. The second-order valence-electron chi connectivity index (χ2n) is 1.53. The topological polar surface area (TPSA) is 55.5 Å². The number of amides is 1. The molecule has 0 aromatic carbocycles. The van der Waals surface area contributed by atoms with Crippen LogP contribution in [-0.2, 0) is 4.79 Å². The second-order valence-corrected chi connectivity index (χ2v) is 1.53. The predicted molar refractivity (Wildman–Crippen MR) is 33.6 cm³/mol. The molecule has 0 aliphatic carbocycles. The summed E-state index contributed by atoms with van der Waals surface area (Å²) in [6, 6.07) is 0. The highest BCUT2D eigenvalue weighted by Crippen LogP contribution is 1.97. The molecule has 0 bridgehead atoms. The van der Waals surface area contributed by atoms with Gasteiger partial charge in [0, 0.05) is 12.2 Å². The molecule has 1 heterocycles. The lowest BCUT2D eigenvalue weighted by molar-refractivity contribution is -0.114. The maximum Gasteiger partial charge on any atom is 0.341 e. The van der Waals surface area contributed by atoms with E-state index >= 15 is 0 Å². The quantitative estimate of drug-likeness (QED) is 0.480. The molecule has 2 N–H and O–H groups in total. The molecule has 0 saturated heterocycles. The van der Waals surface area contributed by atoms with Crippen molar-refractivity contribution < 1.29 is 4.79 Å². The van der Waals surface area contributed by atoms with Crippen LogP contribution in [0.3, 0.4) is 0 Å². The molecular weight excluding hydrogens is 116 g/mol. The van der Waals surface area contributed by atoms with Crippen molar-refractivity contribution in [3.63, 3.8) is 0 Å². The van der Waals surface area contributed by atoms with Crippen molar-refractivity contribution in [2.75, 3.05) is 0 Å². The molecule has 0 saturated carbocycles. The van der Waals surface area contributed by atoms with Gasteiger partial charge in [0.05, 0.1) is 0 Å². The van der Waals surface area contributed by atoms with E-state index in [-0.39, 0.29) is 0 Å². The van der Waals surface area contributed by atoms with Crippen molar-refractivity contribution in [1.82, 2.24) is 0 Å². The van der Waals surface area contributed by atoms with Crippen molar-refractivity contribution in [3.05, 3.63) is 23.9 Å². The zero-order chi connectivity index (χ0) is 6.69. The van der Waals surface area contributed by atoms with Crippen molar-refractivity contribution >= 4 is 12.1 Å². The van der Waals surface area contributed by atoms with Crippen LogP contribution in [0.4, 0.5) is 0 Å². The standard InChI is InChI=1S/C6H4N2O/c7-6(9)5-2-1-3-8-4-5/h1-3H,(H-,7,9)/p+1. The molecule has 0 fully saturated rings. The Hall–Kier alpha value is -1.47. The number of rotatable bonds is 1. The monoisotopic (exact) mass is 121 g/mol. The van der Waals surface area contributed by atoms with Crippen LogP contribution in [0.25, 0.3) is 0 Å². The SMILES string of the molecule is NC(=O)C1=[C+]N=CC=C1. The molecule has 1 rings (SSSR count). The molecular formula is C6H5N2O+. The van der Waals surface area contributed by atoms with Gasteiger partial charge in [-0.3, -0.25) is 0 Å². The molecule has 0 aromatic rings. The average molecular weight is 121 g/mol. The minimum Gasteiger partial charge on any atom is -0.325 e. The van der Waals surface area contributed by atoms with Crippen LogP contribution in [0, 0.1) is 6.20 Å². The van der Waals surface area contributed by atoms with Crippen LogP contribution in [0.5, 0.6) is 0 Å². The fraction of sp³-hybridized carbons (Fsp3) is 0. The van der Waals surface area contributed by atoms with E-state index in [2.05, 4.69) is 11.2 Å². The number of hydrogen-bond donors (Lipinski definition) is 1. The number of aliphatic imine (C=N–C) groups is 1. The second kappa shape index (κ2) is 2.20. The Labute approximate surface area is 52.6 Å². The van der Waals surface area contributed by atoms with E-state index in [9.17, 15) is 4.79 Å². The largest absolute Gasteiger partial charge is 0.341 e. The minimum atomic E-state index is -0.497. The maximum absolute atomic E-state index is 10.4. The summed E-state index contributed by atoms with van der Waals surface area (Å²) in [5.74, 6) is -0.497. The molecule has 0 radical (unpaired) electrons. The summed E-state index contributed by atoms with van der Waals surface area (Å²) in [6.45, 7) is 0. The van der Waals surface area contributed by atoms with Gasteiger partial charge >= 0.3 is 5.91 Å². The Morgan fingerprint density at radius 1 is 1.78 bits per heavy atom. The molecule has 1 aliphatic rings. The zero-order valence-electron chi connectivity index (χ0n) is 4.66. The fourth-order valence-corrected chi connectivity index (χ4v) is 0.464. The number of nitrogens with zero attached hydrogens (tertiary/aromatic N) is 1. The molecule has 0 unspecified atom stereocenters. The number of carbonyl (C=O) groups is 1. The summed E-state index contributed by atoms with van der Waals surface area (Å²) in [4.78, 5) is 13.9. The van der Waals surface area contributed by atoms with E-state index in [1.807, 2.05) is 0 Å². The van der Waals surface area contributed by atoms with Crippen molar-refractivity contribution in [1.29, 1.82) is 0 Å². The number of allylic oxidation sites excluding steroid dienone is 1. The number of hydrogen-bond acceptors (Lipinski definition) is 2. The average Bonchev–Trinajstić information content (AvgIpc) is 1.90. The molecule has 0 spiro atoms. The molecule has 3 nitrogen and oxygen atoms in total. The summed E-state index contributed by atoms with van der Waals surface area (Å²) in [5.41, 5.74) is 5.22. The maximum atomic E-state index is 10.4. The Morgan fingerprint density at radius 2 is 2.56 bits per heavy atom. The summed E-state index contributed by atoms with van der Waals surface area (Å²) in [7, 11) is 0. The summed E-state index contributed by atoms with van der Waals surface area (Å²) in [6.07, 6.45) is 7.18. The van der Waals surface area contributed by atoms with Crippen molar-refractivity contribution in [3.8, 4) is 0 Å². The molecule has 9 heavy (non-hydrogen) atoms. The molecule has 0 atom stereocenters. The van der Waals surface area contributed by atoms with Gasteiger partial charge in [-0.05, 0) is 0 Å². The molecule has 0 aromatic heterocycles. The van der Waals surface area contributed by atoms with Gasteiger partial charge in [0.2, 0.25) is 5.57 Å². The van der Waals surface area contributed by atoms with Gasteiger partial charge in [0.1, 0.15) is 12.4 Å². The van der Waals surface area contributed by atoms with E-state index in [1.165, 1.54) is 6.21 Å². The number of nitrogens with two attached hydrogens (primary N) is 1. The smallest absolute Gasteiger partial charge is 0.325 e. The predicted octanol–water partition coefficient (Wildman–Crippen LogP) is -0.201. The lowest BCUT2D eigenvalue weighted by Gasteiger charge is -1.82. The van der Waals surface area contributed by atoms with E-state index in [1.54, 1.807) is 12.2 Å². The lowest BCUT2D eigenvalue weighted by Crippen LogP contribution is -2.13. The lowest BCUT2D eigenvalue weighted by atomic mass is 10.2. The number of primary amides is 1. The van der Waals surface area contributed by atoms with Gasteiger partial charge in [-0.1, -0.05) is 0 Å². The highest BCUT2D eigenvalue weighted by atomic mass is 16.1. The Kier molecular flexibility index (Phi) is 1.38. The van der Waals surface area contributed by atoms with E-state index in [4.69, 9.17) is 5.73 Å². The van der Waals surface area contributed by atoms with Gasteiger partial charge in [0.15, 0.2) is 0 Å². The van der Waals surface area contributed by atoms with Gasteiger partial charge in [-0.2, -0.15) is 0 Å². The van der Waals surface area contributed by atoms with E-state index in [0.29, 0.717) is 5.57 Å². The zero-order valence-corrected chi connectivity index (χ0v) is 4.66. The van der Waals surface area contributed by atoms with Gasteiger partial charge in [-0.25, -0.2) is 4.79 Å².